The van der Waals surface area contributed by atoms with Crippen LogP contribution in [-0.4, -0.2) is 28.3 Å². The first-order valence-corrected chi connectivity index (χ1v) is 7.27. The van der Waals surface area contributed by atoms with Gasteiger partial charge in [-0.25, -0.2) is 0 Å². The summed E-state index contributed by atoms with van der Waals surface area (Å²) in [5, 5.41) is 4.31. The van der Waals surface area contributed by atoms with Crippen LogP contribution in [0.25, 0.3) is 5.65 Å². The fourth-order valence-corrected chi connectivity index (χ4v) is 3.03. The summed E-state index contributed by atoms with van der Waals surface area (Å²) in [5.74, 6) is 1.91. The first kappa shape index (κ1) is 12.9. The second-order valence-electron chi connectivity index (χ2n) is 5.41. The molecule has 0 atom stereocenters. The van der Waals surface area contributed by atoms with Gasteiger partial charge in [0.2, 0.25) is 11.6 Å². The third-order valence-corrected chi connectivity index (χ3v) is 4.12. The summed E-state index contributed by atoms with van der Waals surface area (Å²) in [6.07, 6.45) is 1.02. The van der Waals surface area contributed by atoms with Gasteiger partial charge in [-0.15, -0.1) is 5.10 Å². The number of rotatable bonds is 2. The molecule has 6 heteroatoms. The zero-order valence-electron chi connectivity index (χ0n) is 12.4. The number of fused-ring (bicyclic) bond motifs is 2. The molecule has 0 saturated carbocycles. The van der Waals surface area contributed by atoms with Crippen molar-refractivity contribution in [2.24, 2.45) is 0 Å². The Kier molecular flexibility index (Phi) is 2.89. The van der Waals surface area contributed by atoms with Crippen LogP contribution in [0.1, 0.15) is 11.1 Å². The van der Waals surface area contributed by atoms with E-state index in [0.29, 0.717) is 11.4 Å². The summed E-state index contributed by atoms with van der Waals surface area (Å²) in [4.78, 5) is 6.56. The number of methoxy groups -OCH3 is 1. The fourth-order valence-electron chi connectivity index (χ4n) is 3.03. The molecule has 0 radical (unpaired) electrons. The molecule has 22 heavy (non-hydrogen) atoms. The molecule has 3 aromatic rings. The summed E-state index contributed by atoms with van der Waals surface area (Å²) < 4.78 is 7.11. The smallest absolute Gasteiger partial charge is 0.240 e. The van der Waals surface area contributed by atoms with Gasteiger partial charge in [0.1, 0.15) is 5.82 Å². The first-order chi connectivity index (χ1) is 10.8. The molecule has 6 nitrogen and oxygen atoms in total. The van der Waals surface area contributed by atoms with Gasteiger partial charge in [-0.3, -0.25) is 0 Å². The van der Waals surface area contributed by atoms with Crippen LogP contribution in [0.4, 0.5) is 11.8 Å². The maximum absolute atomic E-state index is 5.77. The van der Waals surface area contributed by atoms with E-state index in [1.807, 2.05) is 12.1 Å². The molecule has 0 saturated heterocycles. The van der Waals surface area contributed by atoms with E-state index in [-0.39, 0.29) is 5.95 Å². The average Bonchev–Trinajstić information content (AvgIpc) is 2.94. The van der Waals surface area contributed by atoms with E-state index in [0.717, 1.165) is 25.3 Å². The van der Waals surface area contributed by atoms with Gasteiger partial charge < -0.3 is 15.4 Å². The van der Waals surface area contributed by atoms with E-state index < -0.39 is 0 Å². The third-order valence-electron chi connectivity index (χ3n) is 4.12. The largest absolute Gasteiger partial charge is 0.493 e. The molecular weight excluding hydrogens is 278 g/mol. The maximum atomic E-state index is 5.77. The van der Waals surface area contributed by atoms with Gasteiger partial charge in [0, 0.05) is 13.1 Å². The number of anilines is 2. The quantitative estimate of drug-likeness (QED) is 0.782. The molecule has 3 heterocycles. The lowest BCUT2D eigenvalue weighted by molar-refractivity contribution is 0.416. The first-order valence-electron chi connectivity index (χ1n) is 7.27. The number of nitrogen functional groups attached to an aromatic ring is 1. The number of nitrogens with two attached hydrogens (primary N) is 1. The third kappa shape index (κ3) is 1.95. The maximum Gasteiger partial charge on any atom is 0.240 e. The Morgan fingerprint density at radius 1 is 1.14 bits per heavy atom. The minimum Gasteiger partial charge on any atom is -0.493 e. The highest BCUT2D eigenvalue weighted by molar-refractivity contribution is 5.62. The summed E-state index contributed by atoms with van der Waals surface area (Å²) in [7, 11) is 1.62. The second kappa shape index (κ2) is 4.91. The van der Waals surface area contributed by atoms with Crippen molar-refractivity contribution < 1.29 is 4.74 Å². The van der Waals surface area contributed by atoms with Crippen molar-refractivity contribution >= 4 is 17.4 Å². The molecule has 2 aromatic heterocycles. The highest BCUT2D eigenvalue weighted by Crippen LogP contribution is 2.28. The minimum atomic E-state index is 0.253. The zero-order valence-corrected chi connectivity index (χ0v) is 12.4. The summed E-state index contributed by atoms with van der Waals surface area (Å²) in [5.41, 5.74) is 9.19. The summed E-state index contributed by atoms with van der Waals surface area (Å²) >= 11 is 0. The van der Waals surface area contributed by atoms with Crippen molar-refractivity contribution in [1.82, 2.24) is 14.6 Å². The summed E-state index contributed by atoms with van der Waals surface area (Å²) in [6, 6.07) is 12.5. The fraction of sp³-hybridized carbons (Fsp3) is 0.250. The number of hydrogen-bond donors (Lipinski definition) is 1. The number of benzene rings is 1. The normalized spacial score (nSPS) is 14.1. The number of nitrogens with zero attached hydrogens (tertiary/aromatic N) is 4. The zero-order chi connectivity index (χ0) is 15.1. The highest BCUT2D eigenvalue weighted by atomic mass is 16.5. The van der Waals surface area contributed by atoms with Crippen LogP contribution in [0, 0.1) is 0 Å². The Hall–Kier alpha value is -2.76. The molecule has 0 unspecified atom stereocenters. The van der Waals surface area contributed by atoms with Crippen molar-refractivity contribution in [3.63, 3.8) is 0 Å². The number of hydrogen-bond acceptors (Lipinski definition) is 5. The van der Waals surface area contributed by atoms with Crippen LogP contribution in [-0.2, 0) is 13.0 Å². The summed E-state index contributed by atoms with van der Waals surface area (Å²) in [6.45, 7) is 1.80. The van der Waals surface area contributed by atoms with Crippen molar-refractivity contribution in [3.8, 4) is 5.75 Å². The van der Waals surface area contributed by atoms with Crippen molar-refractivity contribution in [2.45, 2.75) is 13.0 Å². The molecule has 1 aliphatic rings. The lowest BCUT2D eigenvalue weighted by Gasteiger charge is -2.30. The lowest BCUT2D eigenvalue weighted by Crippen LogP contribution is -2.31. The van der Waals surface area contributed by atoms with Gasteiger partial charge in [0.25, 0.3) is 0 Å². The van der Waals surface area contributed by atoms with E-state index in [1.54, 1.807) is 11.6 Å². The van der Waals surface area contributed by atoms with Gasteiger partial charge in [0.15, 0.2) is 5.75 Å². The molecule has 1 aliphatic heterocycles. The monoisotopic (exact) mass is 295 g/mol. The van der Waals surface area contributed by atoms with Gasteiger partial charge in [-0.1, -0.05) is 24.3 Å². The molecule has 0 fully saturated rings. The molecule has 1 aromatic carbocycles. The molecule has 0 bridgehead atoms. The molecular formula is C16H17N5O. The Labute approximate surface area is 128 Å². The van der Waals surface area contributed by atoms with Crippen LogP contribution in [0.2, 0.25) is 0 Å². The number of pyridine rings is 1. The van der Waals surface area contributed by atoms with Gasteiger partial charge in [-0.2, -0.15) is 9.50 Å². The Balaban J connectivity index is 1.79. The van der Waals surface area contributed by atoms with Gasteiger partial charge >= 0.3 is 0 Å². The topological polar surface area (TPSA) is 68.7 Å². The van der Waals surface area contributed by atoms with E-state index in [4.69, 9.17) is 10.5 Å². The molecule has 112 valence electrons. The molecule has 0 amide bonds. The molecule has 2 N–H and O–H groups in total. The predicted octanol–water partition coefficient (Wildman–Crippen LogP) is 1.88. The standard InChI is InChI=1S/C16H17N5O/c1-22-13-6-7-14(21-15(13)18-16(17)19-21)20-9-8-11-4-2-3-5-12(11)10-20/h2-7H,8-10H2,1H3,(H2,17,19). The molecule has 0 aliphatic carbocycles. The molecule has 4 rings (SSSR count). The predicted molar refractivity (Wildman–Crippen MR) is 85.1 cm³/mol. The van der Waals surface area contributed by atoms with Crippen molar-refractivity contribution in [1.29, 1.82) is 0 Å². The Morgan fingerprint density at radius 2 is 1.95 bits per heavy atom. The van der Waals surface area contributed by atoms with Crippen LogP contribution in [0.3, 0.4) is 0 Å². The van der Waals surface area contributed by atoms with Gasteiger partial charge in [0.05, 0.1) is 7.11 Å². The van der Waals surface area contributed by atoms with Gasteiger partial charge in [-0.05, 0) is 29.7 Å². The molecule has 0 spiro atoms. The van der Waals surface area contributed by atoms with E-state index in [2.05, 4.69) is 39.2 Å². The van der Waals surface area contributed by atoms with Crippen LogP contribution >= 0.6 is 0 Å². The Morgan fingerprint density at radius 3 is 2.77 bits per heavy atom. The number of ether oxygens (including phenoxy) is 1. The number of aromatic nitrogens is 3. The van der Waals surface area contributed by atoms with Crippen LogP contribution in [0.5, 0.6) is 5.75 Å². The minimum absolute atomic E-state index is 0.253. The van der Waals surface area contributed by atoms with E-state index in [1.165, 1.54) is 11.1 Å². The van der Waals surface area contributed by atoms with E-state index in [9.17, 15) is 0 Å². The average molecular weight is 295 g/mol. The van der Waals surface area contributed by atoms with Crippen molar-refractivity contribution in [3.05, 3.63) is 47.5 Å². The lowest BCUT2D eigenvalue weighted by atomic mass is 10.00. The highest BCUT2D eigenvalue weighted by Gasteiger charge is 2.20. The Bertz CT molecular complexity index is 842. The van der Waals surface area contributed by atoms with Crippen molar-refractivity contribution in [2.75, 3.05) is 24.3 Å². The van der Waals surface area contributed by atoms with E-state index >= 15 is 0 Å². The SMILES string of the molecule is COc1ccc(N2CCc3ccccc3C2)n2nc(N)nc12. The second-order valence-corrected chi connectivity index (χ2v) is 5.41. The van der Waals surface area contributed by atoms with Crippen LogP contribution < -0.4 is 15.4 Å². The van der Waals surface area contributed by atoms with Crippen LogP contribution in [0.15, 0.2) is 36.4 Å².